The van der Waals surface area contributed by atoms with Gasteiger partial charge in [-0.25, -0.2) is 0 Å². The molecule has 0 bridgehead atoms. The Bertz CT molecular complexity index is 306. The molecule has 0 aliphatic carbocycles. The van der Waals surface area contributed by atoms with Crippen LogP contribution in [0.5, 0.6) is 0 Å². The first-order valence-corrected chi connectivity index (χ1v) is 7.37. The first kappa shape index (κ1) is 15.1. The molecule has 0 aliphatic rings. The number of hydrogen-bond donors (Lipinski definition) is 0. The normalized spacial score (nSPS) is 11.3. The highest BCUT2D eigenvalue weighted by atomic mass is 79.9. The number of hydrogen-bond acceptors (Lipinski definition) is 4. The predicted octanol–water partition coefficient (Wildman–Crippen LogP) is 3.00. The Morgan fingerprint density at radius 2 is 2.00 bits per heavy atom. The van der Waals surface area contributed by atoms with Crippen molar-refractivity contribution < 1.29 is 9.47 Å². The van der Waals surface area contributed by atoms with Gasteiger partial charge in [0, 0.05) is 49.8 Å². The standard InChI is InChI=1S/C12H20BrNO2S/c1-15-7-3-5-14(6-8-16-2)10-12-11(13)4-9-17-12/h4,9H,3,5-8,10H2,1-2H3. The van der Waals surface area contributed by atoms with Gasteiger partial charge in [0.05, 0.1) is 6.61 Å². The molecular weight excluding hydrogens is 302 g/mol. The summed E-state index contributed by atoms with van der Waals surface area (Å²) in [6, 6.07) is 2.10. The summed E-state index contributed by atoms with van der Waals surface area (Å²) in [6.45, 7) is 4.57. The van der Waals surface area contributed by atoms with Gasteiger partial charge in [-0.05, 0) is 33.8 Å². The number of thiophene rings is 1. The highest BCUT2D eigenvalue weighted by Gasteiger charge is 2.09. The molecule has 0 unspecified atom stereocenters. The fourth-order valence-electron chi connectivity index (χ4n) is 1.56. The first-order chi connectivity index (χ1) is 8.27. The van der Waals surface area contributed by atoms with Crippen molar-refractivity contribution in [2.24, 2.45) is 0 Å². The molecule has 1 rings (SSSR count). The van der Waals surface area contributed by atoms with Gasteiger partial charge in [0.25, 0.3) is 0 Å². The predicted molar refractivity (Wildman–Crippen MR) is 75.7 cm³/mol. The molecule has 0 amide bonds. The van der Waals surface area contributed by atoms with Crippen LogP contribution in [-0.2, 0) is 16.0 Å². The molecule has 0 fully saturated rings. The monoisotopic (exact) mass is 321 g/mol. The maximum Gasteiger partial charge on any atom is 0.0589 e. The molecule has 0 atom stereocenters. The number of rotatable bonds is 9. The fourth-order valence-corrected chi connectivity index (χ4v) is 3.08. The zero-order chi connectivity index (χ0) is 12.5. The third-order valence-corrected chi connectivity index (χ3v) is 4.40. The molecule has 1 heterocycles. The van der Waals surface area contributed by atoms with E-state index in [9.17, 15) is 0 Å². The van der Waals surface area contributed by atoms with Gasteiger partial charge in [0.15, 0.2) is 0 Å². The van der Waals surface area contributed by atoms with E-state index in [2.05, 4.69) is 32.3 Å². The molecule has 0 saturated heterocycles. The molecular formula is C12H20BrNO2S. The summed E-state index contributed by atoms with van der Waals surface area (Å²) in [5, 5.41) is 2.11. The first-order valence-electron chi connectivity index (χ1n) is 5.70. The fraction of sp³-hybridized carbons (Fsp3) is 0.667. The summed E-state index contributed by atoms with van der Waals surface area (Å²) < 4.78 is 11.4. The van der Waals surface area contributed by atoms with Gasteiger partial charge in [-0.2, -0.15) is 0 Å². The van der Waals surface area contributed by atoms with E-state index in [1.165, 1.54) is 9.35 Å². The Morgan fingerprint density at radius 3 is 2.59 bits per heavy atom. The van der Waals surface area contributed by atoms with Crippen LogP contribution in [-0.4, -0.2) is 45.4 Å². The van der Waals surface area contributed by atoms with Crippen LogP contribution in [0.2, 0.25) is 0 Å². The van der Waals surface area contributed by atoms with Crippen LogP contribution < -0.4 is 0 Å². The smallest absolute Gasteiger partial charge is 0.0589 e. The number of ether oxygens (including phenoxy) is 2. The average molecular weight is 322 g/mol. The van der Waals surface area contributed by atoms with Crippen molar-refractivity contribution in [2.75, 3.05) is 40.5 Å². The Hall–Kier alpha value is 0.0600. The Labute approximate surface area is 116 Å². The Balaban J connectivity index is 2.42. The number of methoxy groups -OCH3 is 2. The third kappa shape index (κ3) is 5.97. The van der Waals surface area contributed by atoms with Crippen LogP contribution in [0.4, 0.5) is 0 Å². The van der Waals surface area contributed by atoms with Crippen molar-refractivity contribution in [1.82, 2.24) is 4.90 Å². The van der Waals surface area contributed by atoms with Gasteiger partial charge in [-0.3, -0.25) is 4.90 Å². The quantitative estimate of drug-likeness (QED) is 0.653. The molecule has 0 radical (unpaired) electrons. The molecule has 98 valence electrons. The van der Waals surface area contributed by atoms with Crippen molar-refractivity contribution >= 4 is 27.3 Å². The maximum absolute atomic E-state index is 5.15. The third-order valence-electron chi connectivity index (χ3n) is 2.49. The van der Waals surface area contributed by atoms with Crippen molar-refractivity contribution in [3.63, 3.8) is 0 Å². The van der Waals surface area contributed by atoms with Gasteiger partial charge < -0.3 is 9.47 Å². The van der Waals surface area contributed by atoms with E-state index >= 15 is 0 Å². The second-order valence-electron chi connectivity index (χ2n) is 3.81. The van der Waals surface area contributed by atoms with Crippen LogP contribution in [0.1, 0.15) is 11.3 Å². The van der Waals surface area contributed by atoms with Crippen molar-refractivity contribution in [2.45, 2.75) is 13.0 Å². The van der Waals surface area contributed by atoms with Crippen LogP contribution >= 0.6 is 27.3 Å². The molecule has 0 aromatic carbocycles. The molecule has 1 aromatic rings. The summed E-state index contributed by atoms with van der Waals surface area (Å²) in [7, 11) is 3.49. The lowest BCUT2D eigenvalue weighted by Gasteiger charge is -2.21. The molecule has 5 heteroatoms. The largest absolute Gasteiger partial charge is 0.385 e. The van der Waals surface area contributed by atoms with Gasteiger partial charge >= 0.3 is 0 Å². The van der Waals surface area contributed by atoms with E-state index < -0.39 is 0 Å². The van der Waals surface area contributed by atoms with E-state index in [0.29, 0.717) is 0 Å². The van der Waals surface area contributed by atoms with E-state index in [0.717, 1.165) is 39.3 Å². The Morgan fingerprint density at radius 1 is 1.24 bits per heavy atom. The molecule has 0 aliphatic heterocycles. The van der Waals surface area contributed by atoms with E-state index in [1.807, 2.05) is 0 Å². The summed E-state index contributed by atoms with van der Waals surface area (Å²) in [5.74, 6) is 0. The van der Waals surface area contributed by atoms with E-state index in [-0.39, 0.29) is 0 Å². The number of nitrogens with zero attached hydrogens (tertiary/aromatic N) is 1. The van der Waals surface area contributed by atoms with E-state index in [4.69, 9.17) is 9.47 Å². The van der Waals surface area contributed by atoms with Crippen LogP contribution in [0, 0.1) is 0 Å². The second-order valence-corrected chi connectivity index (χ2v) is 5.66. The lowest BCUT2D eigenvalue weighted by atomic mass is 10.3. The minimum atomic E-state index is 0.774. The summed E-state index contributed by atoms with van der Waals surface area (Å²) in [6.07, 6.45) is 1.06. The minimum absolute atomic E-state index is 0.774. The van der Waals surface area contributed by atoms with Crippen LogP contribution in [0.25, 0.3) is 0 Å². The second kappa shape index (κ2) is 9.05. The average Bonchev–Trinajstić information content (AvgIpc) is 2.72. The van der Waals surface area contributed by atoms with Crippen LogP contribution in [0.3, 0.4) is 0 Å². The molecule has 3 nitrogen and oxygen atoms in total. The number of halogens is 1. The summed E-state index contributed by atoms with van der Waals surface area (Å²) in [5.41, 5.74) is 0. The lowest BCUT2D eigenvalue weighted by molar-refractivity contribution is 0.129. The lowest BCUT2D eigenvalue weighted by Crippen LogP contribution is -2.28. The molecule has 17 heavy (non-hydrogen) atoms. The van der Waals surface area contributed by atoms with Crippen molar-refractivity contribution in [1.29, 1.82) is 0 Å². The SMILES string of the molecule is COCCCN(CCOC)Cc1sccc1Br. The molecule has 0 saturated carbocycles. The Kier molecular flexibility index (Phi) is 8.05. The zero-order valence-electron chi connectivity index (χ0n) is 10.4. The van der Waals surface area contributed by atoms with Gasteiger partial charge in [-0.15, -0.1) is 11.3 Å². The maximum atomic E-state index is 5.15. The summed E-state index contributed by atoms with van der Waals surface area (Å²) >= 11 is 5.36. The molecule has 1 aromatic heterocycles. The molecule has 0 N–H and O–H groups in total. The van der Waals surface area contributed by atoms with Gasteiger partial charge in [0.2, 0.25) is 0 Å². The molecule has 0 spiro atoms. The minimum Gasteiger partial charge on any atom is -0.385 e. The highest BCUT2D eigenvalue weighted by Crippen LogP contribution is 2.24. The van der Waals surface area contributed by atoms with E-state index in [1.54, 1.807) is 25.6 Å². The topological polar surface area (TPSA) is 21.7 Å². The van der Waals surface area contributed by atoms with Gasteiger partial charge in [-0.1, -0.05) is 0 Å². The van der Waals surface area contributed by atoms with Crippen molar-refractivity contribution in [3.05, 3.63) is 20.8 Å². The summed E-state index contributed by atoms with van der Waals surface area (Å²) in [4.78, 5) is 3.78. The zero-order valence-corrected chi connectivity index (χ0v) is 12.8. The van der Waals surface area contributed by atoms with Gasteiger partial charge in [0.1, 0.15) is 0 Å². The van der Waals surface area contributed by atoms with Crippen LogP contribution in [0.15, 0.2) is 15.9 Å². The van der Waals surface area contributed by atoms with Crippen molar-refractivity contribution in [3.8, 4) is 0 Å². The highest BCUT2D eigenvalue weighted by molar-refractivity contribution is 9.10.